The Bertz CT molecular complexity index is 441. The lowest BCUT2D eigenvalue weighted by molar-refractivity contribution is 0.769. The summed E-state index contributed by atoms with van der Waals surface area (Å²) in [5, 5.41) is 3.30. The van der Waals surface area contributed by atoms with E-state index in [-0.39, 0.29) is 0 Å². The van der Waals surface area contributed by atoms with Crippen molar-refractivity contribution >= 4 is 11.4 Å². The number of allylic oxidation sites excluding steroid dienone is 1. The molecule has 2 heteroatoms. The highest BCUT2D eigenvalue weighted by Gasteiger charge is 2.03. The zero-order chi connectivity index (χ0) is 11.4. The zero-order valence-electron chi connectivity index (χ0n) is 9.64. The SMILES string of the molecule is CC1=N\C(c2ccccc2)=C/NC(C)/C=C\1. The summed E-state index contributed by atoms with van der Waals surface area (Å²) in [6, 6.07) is 10.5. The smallest absolute Gasteiger partial charge is 0.0861 e. The van der Waals surface area contributed by atoms with Crippen LogP contribution in [0.4, 0.5) is 0 Å². The largest absolute Gasteiger partial charge is 0.383 e. The van der Waals surface area contributed by atoms with Crippen molar-refractivity contribution in [3.63, 3.8) is 0 Å². The second kappa shape index (κ2) is 4.79. The molecule has 1 unspecified atom stereocenters. The van der Waals surface area contributed by atoms with Gasteiger partial charge in [0.15, 0.2) is 0 Å². The maximum Gasteiger partial charge on any atom is 0.0861 e. The van der Waals surface area contributed by atoms with Gasteiger partial charge in [-0.25, -0.2) is 0 Å². The van der Waals surface area contributed by atoms with Crippen molar-refractivity contribution in [1.82, 2.24) is 5.32 Å². The van der Waals surface area contributed by atoms with Crippen molar-refractivity contribution in [3.05, 3.63) is 54.2 Å². The molecule has 1 N–H and O–H groups in total. The summed E-state index contributed by atoms with van der Waals surface area (Å²) in [5.74, 6) is 0. The van der Waals surface area contributed by atoms with Gasteiger partial charge in [-0.1, -0.05) is 36.4 Å². The van der Waals surface area contributed by atoms with Gasteiger partial charge in [-0.15, -0.1) is 0 Å². The van der Waals surface area contributed by atoms with Crippen LogP contribution in [-0.2, 0) is 0 Å². The van der Waals surface area contributed by atoms with Gasteiger partial charge in [0.05, 0.1) is 5.70 Å². The van der Waals surface area contributed by atoms with Gasteiger partial charge in [0, 0.05) is 23.5 Å². The second-order valence-corrected chi connectivity index (χ2v) is 3.96. The minimum atomic E-state index is 0.337. The fourth-order valence-corrected chi connectivity index (χ4v) is 1.57. The van der Waals surface area contributed by atoms with E-state index >= 15 is 0 Å². The molecule has 16 heavy (non-hydrogen) atoms. The summed E-state index contributed by atoms with van der Waals surface area (Å²) < 4.78 is 0. The standard InChI is InChI=1S/C14H16N2/c1-11-8-9-12(2)16-14(10-15-11)13-6-4-3-5-7-13/h3-11,15H,1-2H3/b9-8-,14-10-,16-12+. The van der Waals surface area contributed by atoms with Crippen LogP contribution < -0.4 is 5.32 Å². The first-order chi connectivity index (χ1) is 7.75. The fourth-order valence-electron chi connectivity index (χ4n) is 1.57. The van der Waals surface area contributed by atoms with Crippen LogP contribution in [0, 0.1) is 0 Å². The molecule has 1 heterocycles. The molecule has 1 aliphatic heterocycles. The molecule has 1 aromatic carbocycles. The molecule has 82 valence electrons. The topological polar surface area (TPSA) is 24.4 Å². The highest BCUT2D eigenvalue weighted by atomic mass is 14.9. The van der Waals surface area contributed by atoms with Crippen molar-refractivity contribution in [1.29, 1.82) is 0 Å². The van der Waals surface area contributed by atoms with E-state index in [0.29, 0.717) is 6.04 Å². The van der Waals surface area contributed by atoms with Gasteiger partial charge in [-0.2, -0.15) is 0 Å². The number of aliphatic imine (C=N–C) groups is 1. The van der Waals surface area contributed by atoms with E-state index in [1.807, 2.05) is 37.4 Å². The molecule has 1 aliphatic rings. The van der Waals surface area contributed by atoms with Gasteiger partial charge in [-0.3, -0.25) is 4.99 Å². The number of rotatable bonds is 1. The van der Waals surface area contributed by atoms with Gasteiger partial charge in [0.1, 0.15) is 0 Å². The molecule has 1 atom stereocenters. The first kappa shape index (κ1) is 10.7. The van der Waals surface area contributed by atoms with Crippen LogP contribution >= 0.6 is 0 Å². The minimum Gasteiger partial charge on any atom is -0.383 e. The quantitative estimate of drug-likeness (QED) is 0.760. The van der Waals surface area contributed by atoms with Gasteiger partial charge in [-0.05, 0) is 19.9 Å². The van der Waals surface area contributed by atoms with Crippen molar-refractivity contribution < 1.29 is 0 Å². The van der Waals surface area contributed by atoms with Crippen LogP contribution in [0.2, 0.25) is 0 Å². The number of hydrogen-bond acceptors (Lipinski definition) is 2. The maximum absolute atomic E-state index is 4.57. The average Bonchev–Trinajstić information content (AvgIpc) is 2.31. The molecule has 0 saturated heterocycles. The number of nitrogens with zero attached hydrogens (tertiary/aromatic N) is 1. The van der Waals surface area contributed by atoms with E-state index in [0.717, 1.165) is 17.0 Å². The first-order valence-electron chi connectivity index (χ1n) is 5.51. The Morgan fingerprint density at radius 1 is 1.19 bits per heavy atom. The molecule has 0 saturated carbocycles. The van der Waals surface area contributed by atoms with Gasteiger partial charge in [0.25, 0.3) is 0 Å². The highest BCUT2D eigenvalue weighted by molar-refractivity contribution is 5.96. The van der Waals surface area contributed by atoms with Crippen LogP contribution in [-0.4, -0.2) is 11.8 Å². The third-order valence-corrected chi connectivity index (χ3v) is 2.48. The van der Waals surface area contributed by atoms with E-state index in [2.05, 4.69) is 35.4 Å². The van der Waals surface area contributed by atoms with E-state index in [9.17, 15) is 0 Å². The lowest BCUT2D eigenvalue weighted by atomic mass is 10.1. The molecular weight excluding hydrogens is 196 g/mol. The Morgan fingerprint density at radius 3 is 2.69 bits per heavy atom. The van der Waals surface area contributed by atoms with Gasteiger partial charge >= 0.3 is 0 Å². The lowest BCUT2D eigenvalue weighted by Gasteiger charge is -2.12. The van der Waals surface area contributed by atoms with E-state index in [4.69, 9.17) is 0 Å². The molecular formula is C14H16N2. The predicted octanol–water partition coefficient (Wildman–Crippen LogP) is 2.99. The van der Waals surface area contributed by atoms with Crippen LogP contribution in [0.3, 0.4) is 0 Å². The third-order valence-electron chi connectivity index (χ3n) is 2.48. The number of nitrogens with one attached hydrogen (secondary N) is 1. The van der Waals surface area contributed by atoms with Crippen LogP contribution in [0.15, 0.2) is 53.7 Å². The summed E-state index contributed by atoms with van der Waals surface area (Å²) in [5.41, 5.74) is 3.15. The Kier molecular flexibility index (Phi) is 3.20. The minimum absolute atomic E-state index is 0.337. The van der Waals surface area contributed by atoms with E-state index in [1.165, 1.54) is 0 Å². The molecule has 0 radical (unpaired) electrons. The van der Waals surface area contributed by atoms with Crippen LogP contribution in [0.25, 0.3) is 5.70 Å². The van der Waals surface area contributed by atoms with E-state index in [1.54, 1.807) is 0 Å². The fraction of sp³-hybridized carbons (Fsp3) is 0.214. The summed E-state index contributed by atoms with van der Waals surface area (Å²) in [6.07, 6.45) is 6.14. The van der Waals surface area contributed by atoms with Gasteiger partial charge in [0.2, 0.25) is 0 Å². The molecule has 0 amide bonds. The molecule has 2 nitrogen and oxygen atoms in total. The third kappa shape index (κ3) is 2.60. The number of hydrogen-bond donors (Lipinski definition) is 1. The molecule has 0 spiro atoms. The van der Waals surface area contributed by atoms with Crippen molar-refractivity contribution in [2.24, 2.45) is 4.99 Å². The van der Waals surface area contributed by atoms with Crippen LogP contribution in [0.5, 0.6) is 0 Å². The summed E-state index contributed by atoms with van der Waals surface area (Å²) >= 11 is 0. The van der Waals surface area contributed by atoms with Gasteiger partial charge < -0.3 is 5.32 Å². The maximum atomic E-state index is 4.57. The highest BCUT2D eigenvalue weighted by Crippen LogP contribution is 2.16. The molecule has 2 rings (SSSR count). The molecule has 0 bridgehead atoms. The summed E-state index contributed by atoms with van der Waals surface area (Å²) in [6.45, 7) is 4.14. The molecule has 1 aromatic rings. The monoisotopic (exact) mass is 212 g/mol. The number of benzene rings is 1. The molecule has 0 aliphatic carbocycles. The summed E-state index contributed by atoms with van der Waals surface area (Å²) in [7, 11) is 0. The van der Waals surface area contributed by atoms with E-state index < -0.39 is 0 Å². The van der Waals surface area contributed by atoms with Crippen molar-refractivity contribution in [2.45, 2.75) is 19.9 Å². The Hall–Kier alpha value is -1.83. The molecule has 0 aromatic heterocycles. The predicted molar refractivity (Wildman–Crippen MR) is 69.3 cm³/mol. The van der Waals surface area contributed by atoms with Crippen molar-refractivity contribution in [3.8, 4) is 0 Å². The van der Waals surface area contributed by atoms with Crippen LogP contribution in [0.1, 0.15) is 19.4 Å². The Morgan fingerprint density at radius 2 is 1.94 bits per heavy atom. The second-order valence-electron chi connectivity index (χ2n) is 3.96. The normalized spacial score (nSPS) is 28.8. The summed E-state index contributed by atoms with van der Waals surface area (Å²) in [4.78, 5) is 4.57. The zero-order valence-corrected chi connectivity index (χ0v) is 9.64. The Labute approximate surface area is 96.4 Å². The molecule has 0 fully saturated rings. The first-order valence-corrected chi connectivity index (χ1v) is 5.51. The van der Waals surface area contributed by atoms with Crippen molar-refractivity contribution in [2.75, 3.05) is 0 Å². The lowest BCUT2D eigenvalue weighted by Crippen LogP contribution is -2.19. The average molecular weight is 212 g/mol. The Balaban J connectivity index is 2.37.